The lowest BCUT2D eigenvalue weighted by atomic mass is 9.90. The summed E-state index contributed by atoms with van der Waals surface area (Å²) < 4.78 is 0. The Balaban J connectivity index is 0.000000177. The summed E-state index contributed by atoms with van der Waals surface area (Å²) >= 11 is 0. The highest BCUT2D eigenvalue weighted by atomic mass is 16.1. The normalized spacial score (nSPS) is 18.2. The summed E-state index contributed by atoms with van der Waals surface area (Å²) in [6, 6.07) is 19.7. The van der Waals surface area contributed by atoms with Crippen molar-refractivity contribution in [1.29, 1.82) is 0 Å². The van der Waals surface area contributed by atoms with Gasteiger partial charge in [-0.2, -0.15) is 0 Å². The van der Waals surface area contributed by atoms with Gasteiger partial charge in [0.2, 0.25) is 0 Å². The van der Waals surface area contributed by atoms with Crippen molar-refractivity contribution in [3.8, 4) is 0 Å². The standard InChI is InChI=1S/C18H22N2.C9H9NO/c1-2-16(14-8-4-3-5-9-14)20-17-12-6-10-15-11-7-13-19-18(15)17;11-8-5-1-3-7-4-2-6-10-9(7)8/h3-5,7-9,11,13,16-17,20H,2,6,10,12H2,1H3;2,4,6H,1,3,5H2/t16-,17-;/m1./s1. The third-order valence-electron chi connectivity index (χ3n) is 6.21. The van der Waals surface area contributed by atoms with Crippen LogP contribution in [0, 0.1) is 0 Å². The van der Waals surface area contributed by atoms with Crippen LogP contribution < -0.4 is 5.32 Å². The molecule has 2 atom stereocenters. The Morgan fingerprint density at radius 2 is 1.65 bits per heavy atom. The average Bonchev–Trinajstić information content (AvgIpc) is 2.84. The number of hydrogen-bond donors (Lipinski definition) is 1. The number of benzene rings is 1. The number of carbonyl (C=O) groups excluding carboxylic acids is 1. The molecule has 0 fully saturated rings. The second-order valence-electron chi connectivity index (χ2n) is 8.32. The Bertz CT molecular complexity index is 1000. The molecule has 4 heteroatoms. The van der Waals surface area contributed by atoms with E-state index in [1.165, 1.54) is 36.1 Å². The van der Waals surface area contributed by atoms with Crippen molar-refractivity contribution in [2.75, 3.05) is 0 Å². The van der Waals surface area contributed by atoms with Crippen molar-refractivity contribution in [2.24, 2.45) is 0 Å². The minimum Gasteiger partial charge on any atom is -0.302 e. The van der Waals surface area contributed by atoms with E-state index in [9.17, 15) is 4.79 Å². The summed E-state index contributed by atoms with van der Waals surface area (Å²) in [5, 5.41) is 3.82. The Morgan fingerprint density at radius 1 is 0.903 bits per heavy atom. The number of Topliss-reactive ketones (excluding diaryl/α,β-unsaturated/α-hetero) is 1. The van der Waals surface area contributed by atoms with Crippen molar-refractivity contribution in [1.82, 2.24) is 15.3 Å². The van der Waals surface area contributed by atoms with Crippen molar-refractivity contribution in [3.05, 3.63) is 95.1 Å². The second-order valence-corrected chi connectivity index (χ2v) is 8.32. The van der Waals surface area contributed by atoms with E-state index < -0.39 is 0 Å². The molecular formula is C27H31N3O. The van der Waals surface area contributed by atoms with E-state index in [0.29, 0.717) is 24.2 Å². The molecule has 2 heterocycles. The van der Waals surface area contributed by atoms with E-state index in [0.717, 1.165) is 24.8 Å². The minimum absolute atomic E-state index is 0.201. The molecule has 1 N–H and O–H groups in total. The molecule has 0 saturated heterocycles. The van der Waals surface area contributed by atoms with Crippen molar-refractivity contribution >= 4 is 5.78 Å². The zero-order chi connectivity index (χ0) is 21.5. The van der Waals surface area contributed by atoms with Crippen LogP contribution in [0.4, 0.5) is 0 Å². The molecule has 2 aliphatic rings. The lowest BCUT2D eigenvalue weighted by Gasteiger charge is -2.29. The Hall–Kier alpha value is -2.85. The first-order valence-electron chi connectivity index (χ1n) is 11.5. The lowest BCUT2D eigenvalue weighted by molar-refractivity contribution is 0.0967. The van der Waals surface area contributed by atoms with E-state index in [1.54, 1.807) is 6.20 Å². The van der Waals surface area contributed by atoms with Gasteiger partial charge < -0.3 is 5.32 Å². The topological polar surface area (TPSA) is 54.9 Å². The molecule has 0 bridgehead atoms. The fraction of sp³-hybridized carbons (Fsp3) is 0.370. The maximum atomic E-state index is 11.2. The fourth-order valence-electron chi connectivity index (χ4n) is 4.60. The Kier molecular flexibility index (Phi) is 7.21. The molecule has 160 valence electrons. The summed E-state index contributed by atoms with van der Waals surface area (Å²) in [4.78, 5) is 19.9. The van der Waals surface area contributed by atoms with Crippen LogP contribution in [0.15, 0.2) is 67.0 Å². The molecule has 5 rings (SSSR count). The summed E-state index contributed by atoms with van der Waals surface area (Å²) in [7, 11) is 0. The van der Waals surface area contributed by atoms with Crippen LogP contribution in [0.1, 0.15) is 84.0 Å². The Labute approximate surface area is 185 Å². The number of rotatable bonds is 4. The van der Waals surface area contributed by atoms with Crippen LogP contribution in [-0.4, -0.2) is 15.8 Å². The van der Waals surface area contributed by atoms with Gasteiger partial charge in [0.15, 0.2) is 5.78 Å². The van der Waals surface area contributed by atoms with Gasteiger partial charge in [0.25, 0.3) is 0 Å². The number of nitrogens with one attached hydrogen (secondary N) is 1. The number of hydrogen-bond acceptors (Lipinski definition) is 4. The van der Waals surface area contributed by atoms with Gasteiger partial charge in [-0.05, 0) is 67.3 Å². The lowest BCUT2D eigenvalue weighted by Crippen LogP contribution is -2.29. The van der Waals surface area contributed by atoms with Gasteiger partial charge in [-0.25, -0.2) is 0 Å². The number of carbonyl (C=O) groups is 1. The molecule has 0 amide bonds. The van der Waals surface area contributed by atoms with E-state index in [4.69, 9.17) is 0 Å². The number of nitrogens with zero attached hydrogens (tertiary/aromatic N) is 2. The predicted octanol–water partition coefficient (Wildman–Crippen LogP) is 5.80. The highest BCUT2D eigenvalue weighted by molar-refractivity contribution is 5.96. The molecule has 0 spiro atoms. The number of ketones is 1. The van der Waals surface area contributed by atoms with Crippen LogP contribution in [0.25, 0.3) is 0 Å². The highest BCUT2D eigenvalue weighted by Crippen LogP contribution is 2.31. The first-order valence-corrected chi connectivity index (χ1v) is 11.5. The van der Waals surface area contributed by atoms with E-state index in [2.05, 4.69) is 64.7 Å². The average molecular weight is 414 g/mol. The number of pyridine rings is 2. The second kappa shape index (κ2) is 10.5. The minimum atomic E-state index is 0.201. The predicted molar refractivity (Wildman–Crippen MR) is 124 cm³/mol. The van der Waals surface area contributed by atoms with Crippen molar-refractivity contribution in [2.45, 2.75) is 64.0 Å². The van der Waals surface area contributed by atoms with Gasteiger partial charge in [0.05, 0.1) is 11.7 Å². The van der Waals surface area contributed by atoms with Crippen molar-refractivity contribution < 1.29 is 4.79 Å². The zero-order valence-corrected chi connectivity index (χ0v) is 18.3. The largest absolute Gasteiger partial charge is 0.302 e. The molecule has 0 radical (unpaired) electrons. The van der Waals surface area contributed by atoms with Crippen LogP contribution >= 0.6 is 0 Å². The van der Waals surface area contributed by atoms with Gasteiger partial charge in [-0.15, -0.1) is 0 Å². The maximum absolute atomic E-state index is 11.2. The summed E-state index contributed by atoms with van der Waals surface area (Å²) in [6.07, 6.45) is 11.0. The Morgan fingerprint density at radius 3 is 2.42 bits per heavy atom. The van der Waals surface area contributed by atoms with E-state index in [-0.39, 0.29) is 5.78 Å². The quantitative estimate of drug-likeness (QED) is 0.587. The molecular weight excluding hydrogens is 382 g/mol. The summed E-state index contributed by atoms with van der Waals surface area (Å²) in [5.41, 5.74) is 5.85. The van der Waals surface area contributed by atoms with Crippen LogP contribution in [0.2, 0.25) is 0 Å². The maximum Gasteiger partial charge on any atom is 0.181 e. The molecule has 0 unspecified atom stereocenters. The van der Waals surface area contributed by atoms with Crippen LogP contribution in [0.5, 0.6) is 0 Å². The molecule has 0 aliphatic heterocycles. The van der Waals surface area contributed by atoms with E-state index >= 15 is 0 Å². The number of aryl methyl sites for hydroxylation is 2. The van der Waals surface area contributed by atoms with Gasteiger partial charge in [-0.1, -0.05) is 49.4 Å². The molecule has 2 aliphatic carbocycles. The molecule has 4 nitrogen and oxygen atoms in total. The SMILES string of the molecule is CC[C@@H](N[C@@H]1CCCc2cccnc21)c1ccccc1.O=C1CCCc2cccnc21. The smallest absolute Gasteiger partial charge is 0.181 e. The van der Waals surface area contributed by atoms with Gasteiger partial charge in [-0.3, -0.25) is 14.8 Å². The third-order valence-corrected chi connectivity index (χ3v) is 6.21. The molecule has 3 aromatic rings. The van der Waals surface area contributed by atoms with Crippen molar-refractivity contribution in [3.63, 3.8) is 0 Å². The monoisotopic (exact) mass is 413 g/mol. The van der Waals surface area contributed by atoms with E-state index in [1.807, 2.05) is 18.3 Å². The number of aromatic nitrogens is 2. The molecule has 0 saturated carbocycles. The van der Waals surface area contributed by atoms with Crippen LogP contribution in [0.3, 0.4) is 0 Å². The fourth-order valence-corrected chi connectivity index (χ4v) is 4.60. The molecule has 31 heavy (non-hydrogen) atoms. The third kappa shape index (κ3) is 5.26. The van der Waals surface area contributed by atoms with Gasteiger partial charge in [0, 0.05) is 24.9 Å². The first-order chi connectivity index (χ1) is 15.3. The zero-order valence-electron chi connectivity index (χ0n) is 18.3. The van der Waals surface area contributed by atoms with Crippen LogP contribution in [-0.2, 0) is 12.8 Å². The molecule has 2 aromatic heterocycles. The summed E-state index contributed by atoms with van der Waals surface area (Å²) in [6.45, 7) is 2.24. The first kappa shape index (κ1) is 21.4. The highest BCUT2D eigenvalue weighted by Gasteiger charge is 2.23. The molecule has 1 aromatic carbocycles. The summed E-state index contributed by atoms with van der Waals surface area (Å²) in [5.74, 6) is 0.201. The number of fused-ring (bicyclic) bond motifs is 2. The van der Waals surface area contributed by atoms with Gasteiger partial charge in [0.1, 0.15) is 5.69 Å². The van der Waals surface area contributed by atoms with Gasteiger partial charge >= 0.3 is 0 Å².